The number of nitrogens with zero attached hydrogens (tertiary/aromatic N) is 2. The van der Waals surface area contributed by atoms with Crippen LogP contribution >= 0.6 is 22.7 Å². The van der Waals surface area contributed by atoms with Gasteiger partial charge in [0.25, 0.3) is 0 Å². The summed E-state index contributed by atoms with van der Waals surface area (Å²) in [4.78, 5) is 8.97. The van der Waals surface area contributed by atoms with Crippen molar-refractivity contribution in [2.45, 2.75) is 25.8 Å². The lowest BCUT2D eigenvalue weighted by Gasteiger charge is -2.10. The van der Waals surface area contributed by atoms with Crippen LogP contribution in [0.5, 0.6) is 0 Å². The van der Waals surface area contributed by atoms with Crippen molar-refractivity contribution in [3.05, 3.63) is 46.9 Å². The van der Waals surface area contributed by atoms with E-state index in [0.717, 1.165) is 16.3 Å². The molecule has 140 valence electrons. The van der Waals surface area contributed by atoms with Crippen LogP contribution in [0.15, 0.2) is 35.3 Å². The van der Waals surface area contributed by atoms with Gasteiger partial charge in [-0.2, -0.15) is 0 Å². The van der Waals surface area contributed by atoms with Crippen LogP contribution in [0, 0.1) is 11.6 Å². The summed E-state index contributed by atoms with van der Waals surface area (Å²) in [6, 6.07) is 5.65. The van der Waals surface area contributed by atoms with Gasteiger partial charge in [0.1, 0.15) is 16.0 Å². The smallest absolute Gasteiger partial charge is 0.176 e. The van der Waals surface area contributed by atoms with Gasteiger partial charge in [0.15, 0.2) is 11.6 Å². The molecular formula is C19H18F2N4S2. The quantitative estimate of drug-likeness (QED) is 0.451. The molecule has 3 aromatic heterocycles. The third-order valence-corrected chi connectivity index (χ3v) is 6.05. The van der Waals surface area contributed by atoms with Crippen LogP contribution in [-0.2, 0) is 0 Å². The van der Waals surface area contributed by atoms with Crippen molar-refractivity contribution < 1.29 is 8.78 Å². The maximum Gasteiger partial charge on any atom is 0.176 e. The van der Waals surface area contributed by atoms with E-state index in [4.69, 9.17) is 0 Å². The molecule has 0 amide bonds. The van der Waals surface area contributed by atoms with Crippen LogP contribution < -0.4 is 10.6 Å². The second kappa shape index (κ2) is 7.84. The lowest BCUT2D eigenvalue weighted by Crippen LogP contribution is -2.16. The number of thiazole rings is 1. The van der Waals surface area contributed by atoms with E-state index < -0.39 is 11.6 Å². The van der Waals surface area contributed by atoms with E-state index in [2.05, 4.69) is 27.5 Å². The summed E-state index contributed by atoms with van der Waals surface area (Å²) in [6.45, 7) is 3.47. The zero-order chi connectivity index (χ0) is 18.8. The summed E-state index contributed by atoms with van der Waals surface area (Å²) >= 11 is 2.68. The van der Waals surface area contributed by atoms with Crippen molar-refractivity contribution in [2.24, 2.45) is 0 Å². The standard InChI is InChI=1S/C14H7F2N3S2.C5H11N/c15-8-5-10-13(18-6-21-10)11(16)12(8)19-9-1-3-17-14-7(9)2-4-20-14;1-5-3-2-4-6-5/h1-6H,(H,17,19);5-6H,2-4H2,1H3. The Kier molecular flexibility index (Phi) is 5.29. The van der Waals surface area contributed by atoms with Gasteiger partial charge in [-0.15, -0.1) is 22.7 Å². The predicted octanol–water partition coefficient (Wildman–Crippen LogP) is 5.69. The predicted molar refractivity (Wildman–Crippen MR) is 109 cm³/mol. The molecule has 1 atom stereocenters. The number of anilines is 2. The number of fused-ring (bicyclic) bond motifs is 2. The van der Waals surface area contributed by atoms with Crippen LogP contribution in [-0.4, -0.2) is 22.6 Å². The molecule has 0 saturated carbocycles. The zero-order valence-electron chi connectivity index (χ0n) is 14.6. The molecule has 4 nitrogen and oxygen atoms in total. The Hall–Kier alpha value is -2.16. The molecule has 0 spiro atoms. The Morgan fingerprint density at radius 3 is 2.85 bits per heavy atom. The molecule has 4 aromatic rings. The molecule has 1 fully saturated rings. The lowest BCUT2D eigenvalue weighted by molar-refractivity contribution is 0.598. The molecule has 1 saturated heterocycles. The molecule has 4 heterocycles. The van der Waals surface area contributed by atoms with Gasteiger partial charge in [0, 0.05) is 17.6 Å². The average Bonchev–Trinajstić information content (AvgIpc) is 3.40. The number of nitrogens with one attached hydrogen (secondary N) is 2. The topological polar surface area (TPSA) is 49.8 Å². The highest BCUT2D eigenvalue weighted by atomic mass is 32.1. The van der Waals surface area contributed by atoms with Crippen LogP contribution in [0.2, 0.25) is 0 Å². The largest absolute Gasteiger partial charge is 0.350 e. The summed E-state index contributed by atoms with van der Waals surface area (Å²) in [5, 5.41) is 8.87. The summed E-state index contributed by atoms with van der Waals surface area (Å²) < 4.78 is 29.0. The van der Waals surface area contributed by atoms with Gasteiger partial charge in [0.05, 0.1) is 15.9 Å². The minimum absolute atomic E-state index is 0.180. The van der Waals surface area contributed by atoms with Crippen LogP contribution in [0.25, 0.3) is 20.4 Å². The van der Waals surface area contributed by atoms with Crippen molar-refractivity contribution in [1.82, 2.24) is 15.3 Å². The van der Waals surface area contributed by atoms with E-state index in [1.54, 1.807) is 12.3 Å². The fraction of sp³-hybridized carbons (Fsp3) is 0.263. The van der Waals surface area contributed by atoms with Gasteiger partial charge in [-0.05, 0) is 49.9 Å². The molecule has 0 bridgehead atoms. The van der Waals surface area contributed by atoms with Crippen molar-refractivity contribution in [1.29, 1.82) is 0 Å². The van der Waals surface area contributed by atoms with Crippen LogP contribution in [0.4, 0.5) is 20.2 Å². The summed E-state index contributed by atoms with van der Waals surface area (Å²) in [6.07, 6.45) is 4.36. The zero-order valence-corrected chi connectivity index (χ0v) is 16.3. The normalized spacial score (nSPS) is 16.5. The average molecular weight is 405 g/mol. The summed E-state index contributed by atoms with van der Waals surface area (Å²) in [7, 11) is 0. The van der Waals surface area contributed by atoms with Gasteiger partial charge < -0.3 is 10.6 Å². The molecule has 1 unspecified atom stereocenters. The fourth-order valence-electron chi connectivity index (χ4n) is 3.03. The number of hydrogen-bond donors (Lipinski definition) is 2. The van der Waals surface area contributed by atoms with E-state index in [9.17, 15) is 8.78 Å². The van der Waals surface area contributed by atoms with Gasteiger partial charge in [0.2, 0.25) is 0 Å². The lowest BCUT2D eigenvalue weighted by atomic mass is 10.2. The second-order valence-corrected chi connectivity index (χ2v) is 8.15. The Morgan fingerprint density at radius 2 is 2.11 bits per heavy atom. The minimum atomic E-state index is -0.675. The first-order valence-corrected chi connectivity index (χ1v) is 10.4. The Balaban J connectivity index is 0.000000257. The molecule has 1 aliphatic rings. The van der Waals surface area contributed by atoms with Gasteiger partial charge >= 0.3 is 0 Å². The van der Waals surface area contributed by atoms with Crippen molar-refractivity contribution in [3.63, 3.8) is 0 Å². The first-order chi connectivity index (χ1) is 13.1. The molecule has 8 heteroatoms. The van der Waals surface area contributed by atoms with Crippen LogP contribution in [0.1, 0.15) is 19.8 Å². The third-order valence-electron chi connectivity index (χ3n) is 4.45. The number of pyridine rings is 1. The maximum atomic E-state index is 14.4. The van der Waals surface area contributed by atoms with Gasteiger partial charge in [-0.1, -0.05) is 0 Å². The molecule has 1 aliphatic heterocycles. The highest BCUT2D eigenvalue weighted by Gasteiger charge is 2.17. The van der Waals surface area contributed by atoms with Crippen molar-refractivity contribution in [2.75, 3.05) is 11.9 Å². The van der Waals surface area contributed by atoms with Crippen LogP contribution in [0.3, 0.4) is 0 Å². The first-order valence-electron chi connectivity index (χ1n) is 8.67. The fourth-order valence-corrected chi connectivity index (χ4v) is 4.48. The van der Waals surface area contributed by atoms with Crippen molar-refractivity contribution >= 4 is 54.5 Å². The summed E-state index contributed by atoms with van der Waals surface area (Å²) in [5.41, 5.74) is 2.11. The number of benzene rings is 1. The van der Waals surface area contributed by atoms with E-state index in [0.29, 0.717) is 10.4 Å². The maximum absolute atomic E-state index is 14.4. The molecule has 0 aliphatic carbocycles. The highest BCUT2D eigenvalue weighted by Crippen LogP contribution is 2.34. The molecular weight excluding hydrogens is 386 g/mol. The van der Waals surface area contributed by atoms with Gasteiger partial charge in [-0.3, -0.25) is 0 Å². The molecule has 1 aromatic carbocycles. The molecule has 27 heavy (non-hydrogen) atoms. The molecule has 0 radical (unpaired) electrons. The first kappa shape index (κ1) is 18.2. The minimum Gasteiger partial charge on any atom is -0.350 e. The molecule has 5 rings (SSSR count). The Labute approximate surface area is 163 Å². The SMILES string of the molecule is CC1CCCN1.Fc1cc2scnc2c(F)c1Nc1ccnc2sccc12. The van der Waals surface area contributed by atoms with E-state index in [1.165, 1.54) is 53.6 Å². The van der Waals surface area contributed by atoms with E-state index >= 15 is 0 Å². The van der Waals surface area contributed by atoms with Gasteiger partial charge in [-0.25, -0.2) is 18.7 Å². The Bertz CT molecular complexity index is 1070. The summed E-state index contributed by atoms with van der Waals surface area (Å²) in [5.74, 6) is -1.31. The van der Waals surface area contributed by atoms with E-state index in [1.807, 2.05) is 11.4 Å². The molecule has 2 N–H and O–H groups in total. The second-order valence-electron chi connectivity index (χ2n) is 6.37. The number of hydrogen-bond acceptors (Lipinski definition) is 6. The Morgan fingerprint density at radius 1 is 1.22 bits per heavy atom. The van der Waals surface area contributed by atoms with Crippen molar-refractivity contribution in [3.8, 4) is 0 Å². The highest BCUT2D eigenvalue weighted by molar-refractivity contribution is 7.17. The number of halogens is 2. The number of rotatable bonds is 2. The number of thiophene rings is 1. The number of aromatic nitrogens is 2. The van der Waals surface area contributed by atoms with E-state index in [-0.39, 0.29) is 11.2 Å². The third kappa shape index (κ3) is 3.78. The monoisotopic (exact) mass is 404 g/mol.